The molecule has 0 bridgehead atoms. The van der Waals surface area contributed by atoms with Gasteiger partial charge in [-0.3, -0.25) is 9.59 Å². The highest BCUT2D eigenvalue weighted by Gasteiger charge is 2.15. The summed E-state index contributed by atoms with van der Waals surface area (Å²) in [6.45, 7) is 5.80. The lowest BCUT2D eigenvalue weighted by atomic mass is 10.1. The maximum atomic E-state index is 11.9. The predicted octanol–water partition coefficient (Wildman–Crippen LogP) is 4.63. The SMILES string of the molecule is CC(C)C(C)OC(=O)CCC(=O)Oc1ccc(-c2ccccc2)cc1. The molecule has 0 spiro atoms. The molecule has 0 aliphatic rings. The lowest BCUT2D eigenvalue weighted by Gasteiger charge is -2.16. The molecule has 0 aliphatic carbocycles. The lowest BCUT2D eigenvalue weighted by molar-refractivity contribution is -0.152. The maximum absolute atomic E-state index is 11.9. The number of carbonyl (C=O) groups is 2. The highest BCUT2D eigenvalue weighted by atomic mass is 16.5. The third-order valence-corrected chi connectivity index (χ3v) is 3.98. The van der Waals surface area contributed by atoms with Crippen LogP contribution in [0.2, 0.25) is 0 Å². The van der Waals surface area contributed by atoms with E-state index < -0.39 is 5.97 Å². The largest absolute Gasteiger partial charge is 0.462 e. The number of carbonyl (C=O) groups excluding carboxylic acids is 2. The molecule has 0 heterocycles. The fourth-order valence-electron chi connectivity index (χ4n) is 2.13. The van der Waals surface area contributed by atoms with Gasteiger partial charge in [0.1, 0.15) is 11.9 Å². The highest BCUT2D eigenvalue weighted by molar-refractivity contribution is 5.79. The van der Waals surface area contributed by atoms with E-state index in [1.165, 1.54) is 0 Å². The molecule has 0 saturated carbocycles. The summed E-state index contributed by atoms with van der Waals surface area (Å²) in [7, 11) is 0. The minimum atomic E-state index is -0.443. The van der Waals surface area contributed by atoms with E-state index in [-0.39, 0.29) is 30.8 Å². The van der Waals surface area contributed by atoms with Crippen LogP contribution in [-0.4, -0.2) is 18.0 Å². The van der Waals surface area contributed by atoms with E-state index in [2.05, 4.69) is 0 Å². The van der Waals surface area contributed by atoms with Gasteiger partial charge in [0.05, 0.1) is 12.8 Å². The van der Waals surface area contributed by atoms with Crippen LogP contribution in [0.25, 0.3) is 11.1 Å². The van der Waals surface area contributed by atoms with Crippen LogP contribution in [0.4, 0.5) is 0 Å². The summed E-state index contributed by atoms with van der Waals surface area (Å²) >= 11 is 0. The summed E-state index contributed by atoms with van der Waals surface area (Å²) in [6, 6.07) is 17.2. The van der Waals surface area contributed by atoms with Crippen LogP contribution in [-0.2, 0) is 14.3 Å². The summed E-state index contributed by atoms with van der Waals surface area (Å²) in [5.74, 6) is -0.105. The van der Waals surface area contributed by atoms with Crippen molar-refractivity contribution in [1.29, 1.82) is 0 Å². The Morgan fingerprint density at radius 1 is 0.800 bits per heavy atom. The summed E-state index contributed by atoms with van der Waals surface area (Å²) in [5.41, 5.74) is 2.15. The summed E-state index contributed by atoms with van der Waals surface area (Å²) in [4.78, 5) is 23.5. The number of ether oxygens (including phenoxy) is 2. The summed E-state index contributed by atoms with van der Waals surface area (Å²) in [5, 5.41) is 0. The smallest absolute Gasteiger partial charge is 0.311 e. The van der Waals surface area contributed by atoms with Crippen LogP contribution in [0.1, 0.15) is 33.6 Å². The number of rotatable bonds is 7. The molecule has 0 saturated heterocycles. The van der Waals surface area contributed by atoms with E-state index >= 15 is 0 Å². The summed E-state index contributed by atoms with van der Waals surface area (Å²) in [6.07, 6.45) is -0.128. The molecule has 1 unspecified atom stereocenters. The van der Waals surface area contributed by atoms with Gasteiger partial charge < -0.3 is 9.47 Å². The Kier molecular flexibility index (Phi) is 6.75. The van der Waals surface area contributed by atoms with Crippen molar-refractivity contribution in [2.75, 3.05) is 0 Å². The first-order chi connectivity index (χ1) is 12.0. The van der Waals surface area contributed by atoms with Gasteiger partial charge in [-0.25, -0.2) is 0 Å². The number of hydrogen-bond donors (Lipinski definition) is 0. The van der Waals surface area contributed by atoms with E-state index in [0.717, 1.165) is 11.1 Å². The minimum absolute atomic E-state index is 0.00405. The van der Waals surface area contributed by atoms with Crippen LogP contribution in [0.5, 0.6) is 5.75 Å². The Labute approximate surface area is 148 Å². The summed E-state index contributed by atoms with van der Waals surface area (Å²) < 4.78 is 10.5. The van der Waals surface area contributed by atoms with E-state index in [9.17, 15) is 9.59 Å². The molecule has 132 valence electrons. The molecular weight excluding hydrogens is 316 g/mol. The molecule has 2 rings (SSSR count). The van der Waals surface area contributed by atoms with Gasteiger partial charge in [-0.05, 0) is 36.1 Å². The lowest BCUT2D eigenvalue weighted by Crippen LogP contribution is -2.21. The highest BCUT2D eigenvalue weighted by Crippen LogP contribution is 2.22. The predicted molar refractivity (Wildman–Crippen MR) is 97.1 cm³/mol. The zero-order valence-corrected chi connectivity index (χ0v) is 14.9. The van der Waals surface area contributed by atoms with Gasteiger partial charge in [0.15, 0.2) is 0 Å². The van der Waals surface area contributed by atoms with Gasteiger partial charge in [-0.15, -0.1) is 0 Å². The van der Waals surface area contributed by atoms with E-state index in [1.807, 2.05) is 63.2 Å². The molecule has 2 aromatic rings. The molecule has 1 atom stereocenters. The molecule has 0 amide bonds. The first-order valence-corrected chi connectivity index (χ1v) is 8.51. The second kappa shape index (κ2) is 9.02. The van der Waals surface area contributed by atoms with Crippen molar-refractivity contribution in [2.24, 2.45) is 5.92 Å². The van der Waals surface area contributed by atoms with Gasteiger partial charge in [0.2, 0.25) is 0 Å². The van der Waals surface area contributed by atoms with Crippen molar-refractivity contribution < 1.29 is 19.1 Å². The van der Waals surface area contributed by atoms with Crippen molar-refractivity contribution in [3.63, 3.8) is 0 Å². The standard InChI is InChI=1S/C21H24O4/c1-15(2)16(3)24-20(22)13-14-21(23)25-19-11-9-18(10-12-19)17-7-5-4-6-8-17/h4-12,15-16H,13-14H2,1-3H3. The Bertz CT molecular complexity index is 690. The average Bonchev–Trinajstić information content (AvgIpc) is 2.61. The van der Waals surface area contributed by atoms with Crippen LogP contribution in [0.3, 0.4) is 0 Å². The molecule has 0 fully saturated rings. The maximum Gasteiger partial charge on any atom is 0.311 e. The number of benzene rings is 2. The molecule has 0 radical (unpaired) electrons. The van der Waals surface area contributed by atoms with Crippen molar-refractivity contribution >= 4 is 11.9 Å². The topological polar surface area (TPSA) is 52.6 Å². The molecular formula is C21H24O4. The van der Waals surface area contributed by atoms with E-state index in [0.29, 0.717) is 5.75 Å². The molecule has 0 aromatic heterocycles. The first kappa shape index (κ1) is 18.7. The molecule has 25 heavy (non-hydrogen) atoms. The quantitative estimate of drug-likeness (QED) is 0.545. The third-order valence-electron chi connectivity index (χ3n) is 3.98. The van der Waals surface area contributed by atoms with Crippen LogP contribution in [0, 0.1) is 5.92 Å². The zero-order chi connectivity index (χ0) is 18.2. The van der Waals surface area contributed by atoms with Crippen molar-refractivity contribution in [3.05, 3.63) is 54.6 Å². The Hall–Kier alpha value is -2.62. The fraction of sp³-hybridized carbons (Fsp3) is 0.333. The normalized spacial score (nSPS) is 11.8. The Morgan fingerprint density at radius 2 is 1.36 bits per heavy atom. The number of hydrogen-bond acceptors (Lipinski definition) is 4. The fourth-order valence-corrected chi connectivity index (χ4v) is 2.13. The minimum Gasteiger partial charge on any atom is -0.462 e. The molecule has 0 aliphatic heterocycles. The van der Waals surface area contributed by atoms with E-state index in [1.54, 1.807) is 12.1 Å². The van der Waals surface area contributed by atoms with Crippen LogP contribution < -0.4 is 4.74 Å². The second-order valence-corrected chi connectivity index (χ2v) is 6.30. The van der Waals surface area contributed by atoms with Gasteiger partial charge in [0.25, 0.3) is 0 Å². The molecule has 2 aromatic carbocycles. The first-order valence-electron chi connectivity index (χ1n) is 8.51. The Morgan fingerprint density at radius 3 is 1.96 bits per heavy atom. The molecule has 4 heteroatoms. The van der Waals surface area contributed by atoms with Gasteiger partial charge in [-0.1, -0.05) is 56.3 Å². The molecule has 0 N–H and O–H groups in total. The Balaban J connectivity index is 1.82. The monoisotopic (exact) mass is 340 g/mol. The van der Waals surface area contributed by atoms with Gasteiger partial charge in [0, 0.05) is 0 Å². The van der Waals surface area contributed by atoms with E-state index in [4.69, 9.17) is 9.47 Å². The number of esters is 2. The van der Waals surface area contributed by atoms with Crippen molar-refractivity contribution in [1.82, 2.24) is 0 Å². The average molecular weight is 340 g/mol. The second-order valence-electron chi connectivity index (χ2n) is 6.30. The van der Waals surface area contributed by atoms with Crippen LogP contribution >= 0.6 is 0 Å². The molecule has 4 nitrogen and oxygen atoms in total. The van der Waals surface area contributed by atoms with Crippen molar-refractivity contribution in [2.45, 2.75) is 39.7 Å². The van der Waals surface area contributed by atoms with Crippen molar-refractivity contribution in [3.8, 4) is 16.9 Å². The van der Waals surface area contributed by atoms with Gasteiger partial charge >= 0.3 is 11.9 Å². The van der Waals surface area contributed by atoms with Gasteiger partial charge in [-0.2, -0.15) is 0 Å². The third kappa shape index (κ3) is 6.07. The van der Waals surface area contributed by atoms with Crippen LogP contribution in [0.15, 0.2) is 54.6 Å². The zero-order valence-electron chi connectivity index (χ0n) is 14.9.